The van der Waals surface area contributed by atoms with Gasteiger partial charge in [-0.05, 0) is 29.5 Å². The Morgan fingerprint density at radius 3 is 2.67 bits per heavy atom. The molecule has 0 radical (unpaired) electrons. The Labute approximate surface area is 88.6 Å². The number of hydrogen-bond acceptors (Lipinski definition) is 2. The van der Waals surface area contributed by atoms with Gasteiger partial charge in [-0.1, -0.05) is 24.3 Å². The second-order valence-electron chi connectivity index (χ2n) is 4.03. The Morgan fingerprint density at radius 1 is 1.00 bits per heavy atom. The monoisotopic (exact) mass is 200 g/mol. The summed E-state index contributed by atoms with van der Waals surface area (Å²) in [5.41, 5.74) is 3.90. The summed E-state index contributed by atoms with van der Waals surface area (Å²) in [7, 11) is 0. The molecule has 0 spiro atoms. The van der Waals surface area contributed by atoms with Crippen molar-refractivity contribution in [3.8, 4) is 0 Å². The van der Waals surface area contributed by atoms with Gasteiger partial charge in [0, 0.05) is 6.42 Å². The van der Waals surface area contributed by atoms with E-state index in [-0.39, 0.29) is 5.97 Å². The van der Waals surface area contributed by atoms with Gasteiger partial charge in [0.1, 0.15) is 5.76 Å². The Bertz CT molecular complexity index is 457. The van der Waals surface area contributed by atoms with Gasteiger partial charge in [0.25, 0.3) is 0 Å². The first-order valence-corrected chi connectivity index (χ1v) is 5.35. The number of carbonyl (C=O) groups excluding carboxylic acids is 1. The highest BCUT2D eigenvalue weighted by molar-refractivity contribution is 5.81. The molecule has 3 rings (SSSR count). The Hall–Kier alpha value is -1.57. The van der Waals surface area contributed by atoms with Gasteiger partial charge in [0.2, 0.25) is 0 Å². The van der Waals surface area contributed by atoms with Crippen LogP contribution >= 0.6 is 0 Å². The third-order valence-corrected chi connectivity index (χ3v) is 3.12. The third-order valence-electron chi connectivity index (χ3n) is 3.12. The molecule has 0 bridgehead atoms. The maximum atomic E-state index is 11.1. The first-order chi connectivity index (χ1) is 7.34. The van der Waals surface area contributed by atoms with E-state index in [1.807, 2.05) is 6.07 Å². The molecule has 0 atom stereocenters. The van der Waals surface area contributed by atoms with E-state index in [1.54, 1.807) is 0 Å². The normalized spacial score (nSPS) is 24.1. The topological polar surface area (TPSA) is 26.3 Å². The van der Waals surface area contributed by atoms with E-state index < -0.39 is 0 Å². The molecular weight excluding hydrogens is 188 g/mol. The van der Waals surface area contributed by atoms with Gasteiger partial charge in [-0.25, -0.2) is 0 Å². The van der Waals surface area contributed by atoms with Gasteiger partial charge in [0.15, 0.2) is 0 Å². The quantitative estimate of drug-likeness (QED) is 0.602. The predicted molar refractivity (Wildman–Crippen MR) is 57.0 cm³/mol. The van der Waals surface area contributed by atoms with Crippen LogP contribution in [0.3, 0.4) is 0 Å². The fraction of sp³-hybridized carbons (Fsp3) is 0.308. The lowest BCUT2D eigenvalue weighted by Gasteiger charge is -2.04. The first-order valence-electron chi connectivity index (χ1n) is 5.35. The SMILES string of the molecule is O=C1CC/C(=C2\CCc3ccccc32)O1. The summed E-state index contributed by atoms with van der Waals surface area (Å²) in [5, 5.41) is 0. The molecule has 2 heteroatoms. The molecule has 1 aromatic rings. The van der Waals surface area contributed by atoms with Gasteiger partial charge in [-0.15, -0.1) is 0 Å². The summed E-state index contributed by atoms with van der Waals surface area (Å²) in [6, 6.07) is 8.38. The molecule has 0 unspecified atom stereocenters. The van der Waals surface area contributed by atoms with E-state index >= 15 is 0 Å². The standard InChI is InChI=1S/C13H12O2/c14-13-8-7-12(15-13)11-6-5-9-3-1-2-4-10(9)11/h1-4H,5-8H2/b12-11-. The molecule has 2 aliphatic rings. The Morgan fingerprint density at radius 2 is 1.87 bits per heavy atom. The highest BCUT2D eigenvalue weighted by atomic mass is 16.5. The molecule has 0 N–H and O–H groups in total. The average Bonchev–Trinajstić information content (AvgIpc) is 2.83. The summed E-state index contributed by atoms with van der Waals surface area (Å²) in [6.45, 7) is 0. The minimum atomic E-state index is -0.0816. The maximum absolute atomic E-state index is 11.1. The van der Waals surface area contributed by atoms with E-state index in [4.69, 9.17) is 4.74 Å². The Balaban J connectivity index is 2.07. The highest BCUT2D eigenvalue weighted by Gasteiger charge is 2.25. The average molecular weight is 200 g/mol. The maximum Gasteiger partial charge on any atom is 0.311 e. The van der Waals surface area contributed by atoms with Crippen molar-refractivity contribution in [1.82, 2.24) is 0 Å². The number of ether oxygens (including phenoxy) is 1. The van der Waals surface area contributed by atoms with Crippen molar-refractivity contribution < 1.29 is 9.53 Å². The van der Waals surface area contributed by atoms with E-state index in [9.17, 15) is 4.79 Å². The van der Waals surface area contributed by atoms with Crippen LogP contribution in [-0.2, 0) is 16.0 Å². The number of esters is 1. The third kappa shape index (κ3) is 1.37. The smallest absolute Gasteiger partial charge is 0.311 e. The van der Waals surface area contributed by atoms with Crippen LogP contribution in [-0.4, -0.2) is 5.97 Å². The van der Waals surface area contributed by atoms with E-state index in [2.05, 4.69) is 18.2 Å². The van der Waals surface area contributed by atoms with Gasteiger partial charge >= 0.3 is 5.97 Å². The van der Waals surface area contributed by atoms with Crippen molar-refractivity contribution in [2.45, 2.75) is 25.7 Å². The zero-order valence-corrected chi connectivity index (χ0v) is 8.45. The summed E-state index contributed by atoms with van der Waals surface area (Å²) >= 11 is 0. The lowest BCUT2D eigenvalue weighted by molar-refractivity contribution is -0.135. The molecule has 0 amide bonds. The van der Waals surface area contributed by atoms with Crippen molar-refractivity contribution in [3.05, 3.63) is 41.2 Å². The van der Waals surface area contributed by atoms with Crippen molar-refractivity contribution in [2.24, 2.45) is 0 Å². The number of aryl methyl sites for hydroxylation is 1. The molecule has 0 saturated carbocycles. The Kier molecular flexibility index (Phi) is 1.88. The molecule has 1 heterocycles. The lowest BCUT2D eigenvalue weighted by Crippen LogP contribution is -1.91. The van der Waals surface area contributed by atoms with E-state index in [0.717, 1.165) is 25.0 Å². The largest absolute Gasteiger partial charge is 0.431 e. The summed E-state index contributed by atoms with van der Waals surface area (Å²) in [5.74, 6) is 0.826. The number of allylic oxidation sites excluding steroid dienone is 2. The predicted octanol–water partition coefficient (Wildman–Crippen LogP) is 2.68. The molecule has 1 saturated heterocycles. The van der Waals surface area contributed by atoms with Crippen LogP contribution in [0.2, 0.25) is 0 Å². The molecular formula is C13H12O2. The summed E-state index contributed by atoms with van der Waals surface area (Å²) in [4.78, 5) is 11.1. The summed E-state index contributed by atoms with van der Waals surface area (Å²) in [6.07, 6.45) is 3.41. The zero-order valence-electron chi connectivity index (χ0n) is 8.45. The molecule has 1 fully saturated rings. The molecule has 76 valence electrons. The van der Waals surface area contributed by atoms with Gasteiger partial charge in [-0.3, -0.25) is 4.79 Å². The van der Waals surface area contributed by atoms with Crippen molar-refractivity contribution in [2.75, 3.05) is 0 Å². The second-order valence-corrected chi connectivity index (χ2v) is 4.03. The van der Waals surface area contributed by atoms with Gasteiger partial charge in [0.05, 0.1) is 6.42 Å². The minimum absolute atomic E-state index is 0.0816. The van der Waals surface area contributed by atoms with Crippen LogP contribution in [0.5, 0.6) is 0 Å². The van der Waals surface area contributed by atoms with E-state index in [0.29, 0.717) is 6.42 Å². The van der Waals surface area contributed by atoms with Crippen LogP contribution in [0.4, 0.5) is 0 Å². The number of hydrogen-bond donors (Lipinski definition) is 0. The minimum Gasteiger partial charge on any atom is -0.431 e. The second kappa shape index (κ2) is 3.23. The van der Waals surface area contributed by atoms with Crippen LogP contribution in [0.1, 0.15) is 30.4 Å². The van der Waals surface area contributed by atoms with Crippen molar-refractivity contribution >= 4 is 11.5 Å². The molecule has 15 heavy (non-hydrogen) atoms. The number of benzene rings is 1. The summed E-state index contributed by atoms with van der Waals surface area (Å²) < 4.78 is 5.24. The van der Waals surface area contributed by atoms with Crippen molar-refractivity contribution in [1.29, 1.82) is 0 Å². The fourth-order valence-corrected chi connectivity index (χ4v) is 2.38. The highest BCUT2D eigenvalue weighted by Crippen LogP contribution is 2.37. The molecule has 0 aromatic heterocycles. The molecule has 1 aromatic carbocycles. The van der Waals surface area contributed by atoms with E-state index in [1.165, 1.54) is 16.7 Å². The number of rotatable bonds is 0. The van der Waals surface area contributed by atoms with Crippen LogP contribution in [0.15, 0.2) is 30.0 Å². The fourth-order valence-electron chi connectivity index (χ4n) is 2.38. The van der Waals surface area contributed by atoms with Gasteiger partial charge < -0.3 is 4.74 Å². The van der Waals surface area contributed by atoms with Gasteiger partial charge in [-0.2, -0.15) is 0 Å². The number of fused-ring (bicyclic) bond motifs is 1. The van der Waals surface area contributed by atoms with Crippen molar-refractivity contribution in [3.63, 3.8) is 0 Å². The zero-order chi connectivity index (χ0) is 10.3. The molecule has 1 aliphatic carbocycles. The van der Waals surface area contributed by atoms with Crippen LogP contribution in [0.25, 0.3) is 5.57 Å². The molecule has 1 aliphatic heterocycles. The number of cyclic esters (lactones) is 1. The first kappa shape index (κ1) is 8.72. The van der Waals surface area contributed by atoms with Crippen LogP contribution in [0, 0.1) is 0 Å². The number of carbonyl (C=O) groups is 1. The lowest BCUT2D eigenvalue weighted by atomic mass is 10.1. The van der Waals surface area contributed by atoms with Crippen LogP contribution < -0.4 is 0 Å². The molecule has 2 nitrogen and oxygen atoms in total.